The SMILES string of the molecule is Cc1cccc(-c2nc(C(=O)Nc3ccc(C)c(Cl)c3)nn2-c2ccc(C)c(C)c2)c1. The van der Waals surface area contributed by atoms with Crippen molar-refractivity contribution in [2.45, 2.75) is 27.7 Å². The van der Waals surface area contributed by atoms with Crippen LogP contribution in [0.2, 0.25) is 5.02 Å². The fourth-order valence-corrected chi connectivity index (χ4v) is 3.45. The smallest absolute Gasteiger partial charge is 0.295 e. The van der Waals surface area contributed by atoms with Gasteiger partial charge in [0.25, 0.3) is 5.91 Å². The molecule has 1 amide bonds. The Bertz CT molecular complexity index is 1290. The molecular formula is C25H23ClN4O. The van der Waals surface area contributed by atoms with Crippen LogP contribution in [0, 0.1) is 27.7 Å². The van der Waals surface area contributed by atoms with Crippen LogP contribution in [-0.2, 0) is 0 Å². The quantitative estimate of drug-likeness (QED) is 0.427. The molecule has 1 heterocycles. The predicted octanol–water partition coefficient (Wildman–Crippen LogP) is 6.07. The number of nitrogens with one attached hydrogen (secondary N) is 1. The molecule has 1 aromatic heterocycles. The number of hydrogen-bond acceptors (Lipinski definition) is 3. The van der Waals surface area contributed by atoms with E-state index in [0.29, 0.717) is 16.5 Å². The Kier molecular flexibility index (Phi) is 5.61. The molecule has 0 unspecified atom stereocenters. The summed E-state index contributed by atoms with van der Waals surface area (Å²) >= 11 is 6.19. The Morgan fingerprint density at radius 3 is 2.39 bits per heavy atom. The predicted molar refractivity (Wildman–Crippen MR) is 125 cm³/mol. The normalized spacial score (nSPS) is 10.9. The van der Waals surface area contributed by atoms with Gasteiger partial charge in [-0.2, -0.15) is 0 Å². The number of benzene rings is 3. The second kappa shape index (κ2) is 8.36. The van der Waals surface area contributed by atoms with E-state index in [2.05, 4.69) is 29.2 Å². The first-order valence-electron chi connectivity index (χ1n) is 10.0. The zero-order chi connectivity index (χ0) is 22.1. The monoisotopic (exact) mass is 430 g/mol. The lowest BCUT2D eigenvalue weighted by Crippen LogP contribution is -2.14. The highest BCUT2D eigenvalue weighted by Gasteiger charge is 2.19. The van der Waals surface area contributed by atoms with E-state index < -0.39 is 5.91 Å². The van der Waals surface area contributed by atoms with E-state index >= 15 is 0 Å². The molecule has 1 N–H and O–H groups in total. The first kappa shape index (κ1) is 20.8. The molecule has 0 saturated heterocycles. The summed E-state index contributed by atoms with van der Waals surface area (Å²) in [5.41, 5.74) is 6.72. The van der Waals surface area contributed by atoms with Crippen LogP contribution >= 0.6 is 11.6 Å². The van der Waals surface area contributed by atoms with E-state index in [4.69, 9.17) is 11.6 Å². The molecule has 3 aromatic carbocycles. The third-order valence-corrected chi connectivity index (χ3v) is 5.66. The van der Waals surface area contributed by atoms with Gasteiger partial charge in [-0.3, -0.25) is 4.79 Å². The van der Waals surface area contributed by atoms with E-state index in [0.717, 1.165) is 27.9 Å². The first-order valence-corrected chi connectivity index (χ1v) is 10.4. The molecular weight excluding hydrogens is 408 g/mol. The molecule has 0 fully saturated rings. The zero-order valence-corrected chi connectivity index (χ0v) is 18.7. The number of hydrogen-bond donors (Lipinski definition) is 1. The minimum Gasteiger partial charge on any atom is -0.319 e. The maximum atomic E-state index is 12.9. The summed E-state index contributed by atoms with van der Waals surface area (Å²) in [6, 6.07) is 19.4. The van der Waals surface area contributed by atoms with Gasteiger partial charge in [-0.25, -0.2) is 9.67 Å². The van der Waals surface area contributed by atoms with Gasteiger partial charge in [-0.15, -0.1) is 5.10 Å². The summed E-state index contributed by atoms with van der Waals surface area (Å²) in [6.07, 6.45) is 0. The fourth-order valence-electron chi connectivity index (χ4n) is 3.27. The second-order valence-electron chi connectivity index (χ2n) is 7.73. The van der Waals surface area contributed by atoms with Crippen molar-refractivity contribution in [2.75, 3.05) is 5.32 Å². The molecule has 0 aliphatic rings. The molecule has 0 atom stereocenters. The Morgan fingerprint density at radius 2 is 1.68 bits per heavy atom. The number of rotatable bonds is 4. The van der Waals surface area contributed by atoms with Crippen LogP contribution in [-0.4, -0.2) is 20.7 Å². The summed E-state index contributed by atoms with van der Waals surface area (Å²) in [6.45, 7) is 8.05. The average molecular weight is 431 g/mol. The average Bonchev–Trinajstić information content (AvgIpc) is 3.18. The van der Waals surface area contributed by atoms with Crippen molar-refractivity contribution in [3.05, 3.63) is 93.8 Å². The Balaban J connectivity index is 1.77. The van der Waals surface area contributed by atoms with Crippen molar-refractivity contribution < 1.29 is 4.79 Å². The highest BCUT2D eigenvalue weighted by Crippen LogP contribution is 2.25. The van der Waals surface area contributed by atoms with Crippen LogP contribution in [0.15, 0.2) is 60.7 Å². The minimum absolute atomic E-state index is 0.0893. The van der Waals surface area contributed by atoms with Gasteiger partial charge >= 0.3 is 0 Å². The number of amides is 1. The van der Waals surface area contributed by atoms with Crippen LogP contribution in [0.25, 0.3) is 17.1 Å². The Labute approximate surface area is 186 Å². The number of carbonyl (C=O) groups is 1. The van der Waals surface area contributed by atoms with Crippen molar-refractivity contribution in [1.82, 2.24) is 14.8 Å². The lowest BCUT2D eigenvalue weighted by atomic mass is 10.1. The molecule has 0 bridgehead atoms. The zero-order valence-electron chi connectivity index (χ0n) is 17.9. The Morgan fingerprint density at radius 1 is 0.903 bits per heavy atom. The largest absolute Gasteiger partial charge is 0.319 e. The maximum Gasteiger partial charge on any atom is 0.295 e. The molecule has 0 spiro atoms. The second-order valence-corrected chi connectivity index (χ2v) is 8.13. The molecule has 4 aromatic rings. The lowest BCUT2D eigenvalue weighted by molar-refractivity contribution is 0.101. The van der Waals surface area contributed by atoms with Crippen LogP contribution in [0.5, 0.6) is 0 Å². The lowest BCUT2D eigenvalue weighted by Gasteiger charge is -2.09. The summed E-state index contributed by atoms with van der Waals surface area (Å²) in [7, 11) is 0. The van der Waals surface area contributed by atoms with Gasteiger partial charge in [0.05, 0.1) is 5.69 Å². The number of nitrogens with zero attached hydrogens (tertiary/aromatic N) is 3. The van der Waals surface area contributed by atoms with Crippen molar-refractivity contribution in [3.63, 3.8) is 0 Å². The van der Waals surface area contributed by atoms with E-state index in [1.165, 1.54) is 5.56 Å². The molecule has 6 heteroatoms. The molecule has 156 valence electrons. The van der Waals surface area contributed by atoms with E-state index in [1.54, 1.807) is 16.8 Å². The van der Waals surface area contributed by atoms with Crippen LogP contribution in [0.1, 0.15) is 32.9 Å². The van der Waals surface area contributed by atoms with Gasteiger partial charge in [0.15, 0.2) is 5.82 Å². The molecule has 5 nitrogen and oxygen atoms in total. The van der Waals surface area contributed by atoms with Gasteiger partial charge in [-0.1, -0.05) is 47.5 Å². The molecule has 0 saturated carbocycles. The van der Waals surface area contributed by atoms with Crippen LogP contribution < -0.4 is 5.32 Å². The van der Waals surface area contributed by atoms with Gasteiger partial charge in [-0.05, 0) is 74.7 Å². The van der Waals surface area contributed by atoms with Gasteiger partial charge in [0.1, 0.15) is 0 Å². The number of aryl methyl sites for hydroxylation is 4. The summed E-state index contributed by atoms with van der Waals surface area (Å²) in [5, 5.41) is 7.98. The Hall–Kier alpha value is -3.44. The number of anilines is 1. The van der Waals surface area contributed by atoms with Gasteiger partial charge in [0.2, 0.25) is 5.82 Å². The number of halogens is 1. The van der Waals surface area contributed by atoms with E-state index in [1.807, 2.05) is 62.4 Å². The molecule has 0 aliphatic heterocycles. The van der Waals surface area contributed by atoms with Crippen LogP contribution in [0.3, 0.4) is 0 Å². The number of aromatic nitrogens is 3. The van der Waals surface area contributed by atoms with Crippen molar-refractivity contribution in [3.8, 4) is 17.1 Å². The summed E-state index contributed by atoms with van der Waals surface area (Å²) in [5.74, 6) is 0.307. The van der Waals surface area contributed by atoms with Gasteiger partial charge in [0, 0.05) is 16.3 Å². The maximum absolute atomic E-state index is 12.9. The summed E-state index contributed by atoms with van der Waals surface area (Å²) < 4.78 is 1.72. The fraction of sp³-hybridized carbons (Fsp3) is 0.160. The van der Waals surface area contributed by atoms with Gasteiger partial charge < -0.3 is 5.32 Å². The molecule has 0 radical (unpaired) electrons. The van der Waals surface area contributed by atoms with Crippen molar-refractivity contribution in [2.24, 2.45) is 0 Å². The minimum atomic E-state index is -0.392. The number of carbonyl (C=O) groups excluding carboxylic acids is 1. The molecule has 31 heavy (non-hydrogen) atoms. The highest BCUT2D eigenvalue weighted by molar-refractivity contribution is 6.31. The highest BCUT2D eigenvalue weighted by atomic mass is 35.5. The first-order chi connectivity index (χ1) is 14.8. The third-order valence-electron chi connectivity index (χ3n) is 5.25. The molecule has 4 rings (SSSR count). The van der Waals surface area contributed by atoms with E-state index in [-0.39, 0.29) is 5.82 Å². The topological polar surface area (TPSA) is 59.8 Å². The van der Waals surface area contributed by atoms with E-state index in [9.17, 15) is 4.79 Å². The summed E-state index contributed by atoms with van der Waals surface area (Å²) in [4.78, 5) is 17.5. The third kappa shape index (κ3) is 4.37. The van der Waals surface area contributed by atoms with Crippen LogP contribution in [0.4, 0.5) is 5.69 Å². The molecule has 0 aliphatic carbocycles. The standard InChI is InChI=1S/C25H23ClN4O/c1-15-6-5-7-19(12-15)24-28-23(25(31)27-20-10-8-17(3)22(26)14-20)29-30(24)21-11-9-16(2)18(4)13-21/h5-14H,1-4H3,(H,27,31). The van der Waals surface area contributed by atoms with Crippen molar-refractivity contribution in [1.29, 1.82) is 0 Å². The van der Waals surface area contributed by atoms with Crippen molar-refractivity contribution >= 4 is 23.2 Å².